The van der Waals surface area contributed by atoms with Crippen molar-refractivity contribution >= 4 is 15.9 Å². The fourth-order valence-corrected chi connectivity index (χ4v) is 3.74. The number of hydrogen-bond acceptors (Lipinski definition) is 3. The summed E-state index contributed by atoms with van der Waals surface area (Å²) in [5.74, 6) is 0. The number of nitrogens with zero attached hydrogens (tertiary/aromatic N) is 1. The van der Waals surface area contributed by atoms with Gasteiger partial charge in [-0.1, -0.05) is 41.6 Å². The van der Waals surface area contributed by atoms with Crippen LogP contribution < -0.4 is 0 Å². The smallest absolute Gasteiger partial charge is 0.0589 e. The summed E-state index contributed by atoms with van der Waals surface area (Å²) in [4.78, 5) is 2.51. The molecule has 0 radical (unpaired) electrons. The predicted molar refractivity (Wildman–Crippen MR) is 84.1 cm³/mol. The second-order valence-corrected chi connectivity index (χ2v) is 6.37. The summed E-state index contributed by atoms with van der Waals surface area (Å²) in [6.07, 6.45) is 8.29. The summed E-state index contributed by atoms with van der Waals surface area (Å²) in [6.45, 7) is 4.80. The van der Waals surface area contributed by atoms with Crippen LogP contribution in [-0.4, -0.2) is 57.3 Å². The molecule has 19 heavy (non-hydrogen) atoms. The molecule has 0 spiro atoms. The lowest BCUT2D eigenvalue weighted by Gasteiger charge is -2.36. The van der Waals surface area contributed by atoms with Crippen molar-refractivity contribution < 1.29 is 9.47 Å². The van der Waals surface area contributed by atoms with Crippen LogP contribution in [-0.2, 0) is 9.47 Å². The minimum Gasteiger partial charge on any atom is -0.383 e. The van der Waals surface area contributed by atoms with Gasteiger partial charge in [0.05, 0.1) is 13.2 Å². The zero-order valence-electron chi connectivity index (χ0n) is 12.6. The molecule has 0 heterocycles. The summed E-state index contributed by atoms with van der Waals surface area (Å²) >= 11 is 3.78. The van der Waals surface area contributed by atoms with Gasteiger partial charge < -0.3 is 9.47 Å². The Labute approximate surface area is 127 Å². The van der Waals surface area contributed by atoms with Crippen LogP contribution in [0.25, 0.3) is 0 Å². The quantitative estimate of drug-likeness (QED) is 0.476. The first-order chi connectivity index (χ1) is 9.26. The van der Waals surface area contributed by atoms with Crippen molar-refractivity contribution in [2.45, 2.75) is 38.5 Å². The largest absolute Gasteiger partial charge is 0.383 e. The molecule has 3 nitrogen and oxygen atoms in total. The summed E-state index contributed by atoms with van der Waals surface area (Å²) in [5.41, 5.74) is 0.456. The molecule has 0 saturated heterocycles. The molecule has 0 bridgehead atoms. The molecule has 1 fully saturated rings. The highest BCUT2D eigenvalue weighted by Crippen LogP contribution is 2.37. The molecule has 0 atom stereocenters. The molecular weight excluding hydrogens is 306 g/mol. The van der Waals surface area contributed by atoms with Crippen molar-refractivity contribution in [3.05, 3.63) is 0 Å². The number of alkyl halides is 1. The van der Waals surface area contributed by atoms with E-state index < -0.39 is 0 Å². The Bertz CT molecular complexity index is 210. The van der Waals surface area contributed by atoms with E-state index in [1.54, 1.807) is 14.2 Å². The van der Waals surface area contributed by atoms with Gasteiger partial charge in [-0.2, -0.15) is 0 Å². The van der Waals surface area contributed by atoms with Crippen molar-refractivity contribution in [2.75, 3.05) is 52.4 Å². The Morgan fingerprint density at radius 2 is 1.47 bits per heavy atom. The third-order valence-corrected chi connectivity index (χ3v) is 5.42. The molecule has 4 heteroatoms. The van der Waals surface area contributed by atoms with E-state index in [1.807, 2.05) is 0 Å². The van der Waals surface area contributed by atoms with Crippen molar-refractivity contribution in [1.82, 2.24) is 4.90 Å². The van der Waals surface area contributed by atoms with Gasteiger partial charge in [-0.05, 0) is 18.3 Å². The van der Waals surface area contributed by atoms with Crippen LogP contribution >= 0.6 is 15.9 Å². The van der Waals surface area contributed by atoms with Crippen molar-refractivity contribution in [3.8, 4) is 0 Å². The van der Waals surface area contributed by atoms with Gasteiger partial charge >= 0.3 is 0 Å². The van der Waals surface area contributed by atoms with Gasteiger partial charge in [-0.3, -0.25) is 4.90 Å². The molecule has 1 rings (SSSR count). The molecule has 0 aromatic carbocycles. The molecule has 0 amide bonds. The normalized spacial score (nSPS) is 19.6. The lowest BCUT2D eigenvalue weighted by atomic mass is 9.82. The first-order valence-corrected chi connectivity index (χ1v) is 8.65. The fraction of sp³-hybridized carbons (Fsp3) is 1.00. The maximum absolute atomic E-state index is 5.24. The van der Waals surface area contributed by atoms with Gasteiger partial charge in [0.1, 0.15) is 0 Å². The summed E-state index contributed by atoms with van der Waals surface area (Å²) < 4.78 is 10.5. The highest BCUT2D eigenvalue weighted by atomic mass is 79.9. The second kappa shape index (κ2) is 10.1. The van der Waals surface area contributed by atoms with E-state index in [2.05, 4.69) is 20.8 Å². The molecule has 0 aliphatic heterocycles. The Kier molecular flexibility index (Phi) is 9.29. The fourth-order valence-electron chi connectivity index (χ4n) is 3.00. The van der Waals surface area contributed by atoms with Gasteiger partial charge in [-0.25, -0.2) is 0 Å². The molecular formula is C15H30BrNO2. The van der Waals surface area contributed by atoms with Crippen LogP contribution in [0.4, 0.5) is 0 Å². The maximum atomic E-state index is 5.24. The van der Waals surface area contributed by atoms with E-state index in [0.29, 0.717) is 5.41 Å². The second-order valence-electron chi connectivity index (χ2n) is 5.81. The van der Waals surface area contributed by atoms with Crippen LogP contribution in [0, 0.1) is 5.41 Å². The lowest BCUT2D eigenvalue weighted by molar-refractivity contribution is 0.0804. The minimum absolute atomic E-state index is 0.456. The molecule has 1 saturated carbocycles. The van der Waals surface area contributed by atoms with Crippen LogP contribution in [0.5, 0.6) is 0 Å². The summed E-state index contributed by atoms with van der Waals surface area (Å²) in [5, 5.41) is 1.12. The number of ether oxygens (including phenoxy) is 2. The molecule has 0 aromatic heterocycles. The van der Waals surface area contributed by atoms with E-state index >= 15 is 0 Å². The first kappa shape index (κ1) is 17.4. The SMILES string of the molecule is COCCN(CCOC)CC1(CBr)CCCCCC1. The van der Waals surface area contributed by atoms with Crippen LogP contribution in [0.15, 0.2) is 0 Å². The summed E-state index contributed by atoms with van der Waals surface area (Å²) in [7, 11) is 3.56. The lowest BCUT2D eigenvalue weighted by Crippen LogP contribution is -2.41. The van der Waals surface area contributed by atoms with E-state index in [-0.39, 0.29) is 0 Å². The Morgan fingerprint density at radius 1 is 0.947 bits per heavy atom. The minimum atomic E-state index is 0.456. The van der Waals surface area contributed by atoms with Crippen molar-refractivity contribution in [2.24, 2.45) is 5.41 Å². The first-order valence-electron chi connectivity index (χ1n) is 7.52. The Hall–Kier alpha value is 0.360. The Balaban J connectivity index is 2.55. The number of rotatable bonds is 9. The number of halogens is 1. The molecule has 0 aromatic rings. The molecule has 1 aliphatic rings. The number of hydrogen-bond donors (Lipinski definition) is 0. The van der Waals surface area contributed by atoms with Crippen LogP contribution in [0.3, 0.4) is 0 Å². The standard InChI is InChI=1S/C15H30BrNO2/c1-18-11-9-17(10-12-19-2)14-15(13-16)7-5-3-4-6-8-15/h3-14H2,1-2H3. The maximum Gasteiger partial charge on any atom is 0.0589 e. The third-order valence-electron chi connectivity index (χ3n) is 4.23. The van der Waals surface area contributed by atoms with Gasteiger partial charge in [0.15, 0.2) is 0 Å². The van der Waals surface area contributed by atoms with E-state index in [0.717, 1.165) is 31.6 Å². The van der Waals surface area contributed by atoms with Crippen LogP contribution in [0.1, 0.15) is 38.5 Å². The van der Waals surface area contributed by atoms with Crippen molar-refractivity contribution in [1.29, 1.82) is 0 Å². The van der Waals surface area contributed by atoms with Crippen molar-refractivity contribution in [3.63, 3.8) is 0 Å². The van der Waals surface area contributed by atoms with Crippen LogP contribution in [0.2, 0.25) is 0 Å². The van der Waals surface area contributed by atoms with Gasteiger partial charge in [0, 0.05) is 39.2 Å². The zero-order valence-corrected chi connectivity index (χ0v) is 14.2. The van der Waals surface area contributed by atoms with Gasteiger partial charge in [0.2, 0.25) is 0 Å². The third kappa shape index (κ3) is 6.56. The molecule has 114 valence electrons. The van der Waals surface area contributed by atoms with E-state index in [1.165, 1.54) is 45.1 Å². The highest BCUT2D eigenvalue weighted by molar-refractivity contribution is 9.09. The highest BCUT2D eigenvalue weighted by Gasteiger charge is 2.31. The zero-order chi connectivity index (χ0) is 14.0. The van der Waals surface area contributed by atoms with Gasteiger partial charge in [-0.15, -0.1) is 0 Å². The topological polar surface area (TPSA) is 21.7 Å². The molecule has 0 unspecified atom stereocenters. The predicted octanol–water partition coefficient (Wildman–Crippen LogP) is 3.32. The van der Waals surface area contributed by atoms with Gasteiger partial charge in [0.25, 0.3) is 0 Å². The molecule has 1 aliphatic carbocycles. The number of methoxy groups -OCH3 is 2. The molecule has 0 N–H and O–H groups in total. The van der Waals surface area contributed by atoms with E-state index in [9.17, 15) is 0 Å². The average Bonchev–Trinajstić information content (AvgIpc) is 2.68. The summed E-state index contributed by atoms with van der Waals surface area (Å²) in [6, 6.07) is 0. The Morgan fingerprint density at radius 3 is 1.89 bits per heavy atom. The monoisotopic (exact) mass is 335 g/mol. The van der Waals surface area contributed by atoms with E-state index in [4.69, 9.17) is 9.47 Å². The average molecular weight is 336 g/mol.